The quantitative estimate of drug-likeness (QED) is 0.850. The number of hydrogen-bond donors (Lipinski definition) is 1. The number of benzene rings is 1. The molecular formula is C17H27NO2. The van der Waals surface area contributed by atoms with Crippen LogP contribution in [0.3, 0.4) is 0 Å². The predicted molar refractivity (Wildman–Crippen MR) is 82.6 cm³/mol. The van der Waals surface area contributed by atoms with Crippen LogP contribution in [0.4, 0.5) is 0 Å². The van der Waals surface area contributed by atoms with Crippen LogP contribution in [0.1, 0.15) is 58.6 Å². The molecule has 0 aromatic heterocycles. The standard InChI is InChI=1S/C17H27NO2/c1-5-17(6-2)12-15(18-7-3)14-10-9-13(19-8-4)11-16(14)20-17/h9-11,15,18H,5-8,12H2,1-4H3. The molecular weight excluding hydrogens is 250 g/mol. The normalized spacial score (nSPS) is 20.1. The van der Waals surface area contributed by atoms with Crippen molar-refractivity contribution in [2.24, 2.45) is 0 Å². The van der Waals surface area contributed by atoms with Crippen LogP contribution in [-0.4, -0.2) is 18.8 Å². The van der Waals surface area contributed by atoms with Gasteiger partial charge in [-0.1, -0.05) is 26.8 Å². The molecule has 1 N–H and O–H groups in total. The summed E-state index contributed by atoms with van der Waals surface area (Å²) in [6.45, 7) is 10.2. The van der Waals surface area contributed by atoms with Gasteiger partial charge in [-0.3, -0.25) is 0 Å². The molecule has 3 heteroatoms. The fraction of sp³-hybridized carbons (Fsp3) is 0.647. The molecule has 0 bridgehead atoms. The Kier molecular flexibility index (Phi) is 4.92. The largest absolute Gasteiger partial charge is 0.494 e. The molecule has 1 heterocycles. The van der Waals surface area contributed by atoms with Crippen molar-refractivity contribution in [1.82, 2.24) is 5.32 Å². The molecule has 0 saturated heterocycles. The van der Waals surface area contributed by atoms with E-state index in [1.54, 1.807) is 0 Å². The third-order valence-corrected chi connectivity index (χ3v) is 4.31. The van der Waals surface area contributed by atoms with Gasteiger partial charge in [-0.25, -0.2) is 0 Å². The van der Waals surface area contributed by atoms with Crippen LogP contribution in [0.15, 0.2) is 18.2 Å². The van der Waals surface area contributed by atoms with E-state index < -0.39 is 0 Å². The van der Waals surface area contributed by atoms with E-state index in [-0.39, 0.29) is 5.60 Å². The van der Waals surface area contributed by atoms with E-state index in [4.69, 9.17) is 9.47 Å². The lowest BCUT2D eigenvalue weighted by Crippen LogP contribution is -2.43. The summed E-state index contributed by atoms with van der Waals surface area (Å²) >= 11 is 0. The monoisotopic (exact) mass is 277 g/mol. The third-order valence-electron chi connectivity index (χ3n) is 4.31. The van der Waals surface area contributed by atoms with Gasteiger partial charge in [-0.05, 0) is 32.4 Å². The van der Waals surface area contributed by atoms with Crippen molar-refractivity contribution in [3.8, 4) is 11.5 Å². The van der Waals surface area contributed by atoms with Gasteiger partial charge in [0.1, 0.15) is 17.1 Å². The topological polar surface area (TPSA) is 30.5 Å². The van der Waals surface area contributed by atoms with Crippen molar-refractivity contribution in [1.29, 1.82) is 0 Å². The first-order valence-electron chi connectivity index (χ1n) is 7.87. The zero-order valence-electron chi connectivity index (χ0n) is 13.2. The van der Waals surface area contributed by atoms with Crippen LogP contribution in [0.25, 0.3) is 0 Å². The van der Waals surface area contributed by atoms with Crippen LogP contribution >= 0.6 is 0 Å². The second-order valence-corrected chi connectivity index (χ2v) is 5.44. The van der Waals surface area contributed by atoms with Gasteiger partial charge in [0, 0.05) is 24.1 Å². The molecule has 0 spiro atoms. The Balaban J connectivity index is 2.36. The fourth-order valence-corrected chi connectivity index (χ4v) is 3.02. The smallest absolute Gasteiger partial charge is 0.128 e. The van der Waals surface area contributed by atoms with Gasteiger partial charge in [-0.2, -0.15) is 0 Å². The van der Waals surface area contributed by atoms with Crippen LogP contribution in [-0.2, 0) is 0 Å². The van der Waals surface area contributed by atoms with Crippen molar-refractivity contribution in [2.45, 2.75) is 58.6 Å². The molecule has 1 aliphatic rings. The molecule has 20 heavy (non-hydrogen) atoms. The summed E-state index contributed by atoms with van der Waals surface area (Å²) in [5, 5.41) is 3.59. The Morgan fingerprint density at radius 2 is 2.00 bits per heavy atom. The van der Waals surface area contributed by atoms with Gasteiger partial charge in [0.25, 0.3) is 0 Å². The average molecular weight is 277 g/mol. The summed E-state index contributed by atoms with van der Waals surface area (Å²) in [7, 11) is 0. The molecule has 1 aromatic carbocycles. The fourth-order valence-electron chi connectivity index (χ4n) is 3.02. The number of fused-ring (bicyclic) bond motifs is 1. The minimum absolute atomic E-state index is 0.0509. The number of hydrogen-bond acceptors (Lipinski definition) is 3. The highest BCUT2D eigenvalue weighted by molar-refractivity contribution is 5.44. The Bertz CT molecular complexity index is 441. The molecule has 2 rings (SSSR count). The summed E-state index contributed by atoms with van der Waals surface area (Å²) in [6, 6.07) is 6.60. The molecule has 0 saturated carbocycles. The van der Waals surface area contributed by atoms with E-state index in [0.29, 0.717) is 12.6 Å². The van der Waals surface area contributed by atoms with Crippen LogP contribution in [0.2, 0.25) is 0 Å². The van der Waals surface area contributed by atoms with E-state index >= 15 is 0 Å². The second kappa shape index (κ2) is 6.49. The molecule has 1 unspecified atom stereocenters. The Morgan fingerprint density at radius 3 is 2.60 bits per heavy atom. The Morgan fingerprint density at radius 1 is 1.25 bits per heavy atom. The second-order valence-electron chi connectivity index (χ2n) is 5.44. The van der Waals surface area contributed by atoms with Crippen LogP contribution in [0, 0.1) is 0 Å². The Labute approximate surface area is 122 Å². The highest BCUT2D eigenvalue weighted by atomic mass is 16.5. The highest BCUT2D eigenvalue weighted by Crippen LogP contribution is 2.44. The molecule has 0 amide bonds. The number of rotatable bonds is 6. The summed E-state index contributed by atoms with van der Waals surface area (Å²) in [4.78, 5) is 0. The lowest BCUT2D eigenvalue weighted by atomic mass is 9.83. The first-order valence-corrected chi connectivity index (χ1v) is 7.87. The third kappa shape index (κ3) is 2.93. The van der Waals surface area contributed by atoms with Gasteiger partial charge in [0.15, 0.2) is 0 Å². The zero-order valence-corrected chi connectivity index (χ0v) is 13.2. The summed E-state index contributed by atoms with van der Waals surface area (Å²) < 4.78 is 12.0. The molecule has 112 valence electrons. The average Bonchev–Trinajstić information content (AvgIpc) is 2.47. The number of ether oxygens (including phenoxy) is 2. The van der Waals surface area contributed by atoms with Gasteiger partial charge in [0.2, 0.25) is 0 Å². The van der Waals surface area contributed by atoms with E-state index in [2.05, 4.69) is 32.2 Å². The first-order chi connectivity index (χ1) is 9.68. The van der Waals surface area contributed by atoms with Crippen molar-refractivity contribution < 1.29 is 9.47 Å². The van der Waals surface area contributed by atoms with E-state index in [0.717, 1.165) is 37.3 Å². The number of nitrogens with one attached hydrogen (secondary N) is 1. The maximum Gasteiger partial charge on any atom is 0.128 e. The van der Waals surface area contributed by atoms with E-state index in [1.165, 1.54) is 5.56 Å². The molecule has 1 atom stereocenters. The lowest BCUT2D eigenvalue weighted by molar-refractivity contribution is 0.0228. The molecule has 0 aliphatic carbocycles. The van der Waals surface area contributed by atoms with Crippen molar-refractivity contribution in [2.75, 3.05) is 13.2 Å². The lowest BCUT2D eigenvalue weighted by Gasteiger charge is -2.42. The van der Waals surface area contributed by atoms with E-state index in [1.807, 2.05) is 19.1 Å². The van der Waals surface area contributed by atoms with Gasteiger partial charge in [0.05, 0.1) is 6.61 Å². The minimum atomic E-state index is -0.0509. The van der Waals surface area contributed by atoms with Crippen LogP contribution in [0.5, 0.6) is 11.5 Å². The first kappa shape index (κ1) is 15.2. The van der Waals surface area contributed by atoms with E-state index in [9.17, 15) is 0 Å². The highest BCUT2D eigenvalue weighted by Gasteiger charge is 2.38. The van der Waals surface area contributed by atoms with Gasteiger partial charge < -0.3 is 14.8 Å². The summed E-state index contributed by atoms with van der Waals surface area (Å²) in [5.41, 5.74) is 1.21. The Hall–Kier alpha value is -1.22. The maximum absolute atomic E-state index is 6.36. The zero-order chi connectivity index (χ0) is 14.6. The predicted octanol–water partition coefficient (Wildman–Crippen LogP) is 4.08. The van der Waals surface area contributed by atoms with Crippen molar-refractivity contribution >= 4 is 0 Å². The van der Waals surface area contributed by atoms with Crippen molar-refractivity contribution in [3.05, 3.63) is 23.8 Å². The summed E-state index contributed by atoms with van der Waals surface area (Å²) in [6.07, 6.45) is 3.10. The molecule has 0 radical (unpaired) electrons. The minimum Gasteiger partial charge on any atom is -0.494 e. The van der Waals surface area contributed by atoms with Gasteiger partial charge in [-0.15, -0.1) is 0 Å². The summed E-state index contributed by atoms with van der Waals surface area (Å²) in [5.74, 6) is 1.88. The van der Waals surface area contributed by atoms with Crippen molar-refractivity contribution in [3.63, 3.8) is 0 Å². The maximum atomic E-state index is 6.36. The van der Waals surface area contributed by atoms with Crippen LogP contribution < -0.4 is 14.8 Å². The molecule has 0 fully saturated rings. The SMILES string of the molecule is CCNC1CC(CC)(CC)Oc2cc(OCC)ccc21. The molecule has 3 nitrogen and oxygen atoms in total. The van der Waals surface area contributed by atoms with Gasteiger partial charge >= 0.3 is 0 Å². The molecule has 1 aromatic rings. The molecule has 1 aliphatic heterocycles.